The van der Waals surface area contributed by atoms with E-state index in [1.54, 1.807) is 0 Å². The van der Waals surface area contributed by atoms with E-state index in [1.807, 2.05) is 24.3 Å². The lowest BCUT2D eigenvalue weighted by molar-refractivity contribution is -0.140. The molecule has 1 atom stereocenters. The largest absolute Gasteiger partial charge is 0.399 e. The minimum absolute atomic E-state index is 0.147. The number of hydrogen-bond donors (Lipinski definition) is 2. The fraction of sp³-hybridized carbons (Fsp3) is 0.588. The molecule has 1 unspecified atom stereocenters. The van der Waals surface area contributed by atoms with E-state index in [2.05, 4.69) is 10.2 Å². The van der Waals surface area contributed by atoms with Crippen LogP contribution in [0.1, 0.15) is 43.7 Å². The van der Waals surface area contributed by atoms with Gasteiger partial charge in [-0.15, -0.1) is 0 Å². The van der Waals surface area contributed by atoms with Crippen LogP contribution >= 0.6 is 0 Å². The van der Waals surface area contributed by atoms with Gasteiger partial charge < -0.3 is 16.0 Å². The predicted octanol–water partition coefficient (Wildman–Crippen LogP) is 2.32. The van der Waals surface area contributed by atoms with Gasteiger partial charge in [-0.05, 0) is 30.5 Å². The number of nitrogens with one attached hydrogen (secondary N) is 1. The number of benzene rings is 1. The maximum absolute atomic E-state index is 12.9. The van der Waals surface area contributed by atoms with Crippen LogP contribution in [0.5, 0.6) is 0 Å². The Morgan fingerprint density at radius 2 is 1.86 bits per heavy atom. The number of rotatable bonds is 2. The monoisotopic (exact) mass is 287 g/mol. The first-order valence-corrected chi connectivity index (χ1v) is 8.12. The second-order valence-electron chi connectivity index (χ2n) is 6.25. The summed E-state index contributed by atoms with van der Waals surface area (Å²) in [7, 11) is 0. The Balaban J connectivity index is 1.77. The van der Waals surface area contributed by atoms with Crippen molar-refractivity contribution >= 4 is 11.6 Å². The van der Waals surface area contributed by atoms with Crippen molar-refractivity contribution in [1.29, 1.82) is 0 Å². The molecule has 1 saturated carbocycles. The van der Waals surface area contributed by atoms with Crippen LogP contribution < -0.4 is 11.1 Å². The molecule has 4 heteroatoms. The Kier molecular flexibility index (Phi) is 4.44. The summed E-state index contributed by atoms with van der Waals surface area (Å²) in [6.45, 7) is 2.54. The third-order valence-corrected chi connectivity index (χ3v) is 4.80. The molecule has 1 saturated heterocycles. The first-order valence-electron chi connectivity index (χ1n) is 8.12. The van der Waals surface area contributed by atoms with E-state index in [4.69, 9.17) is 5.73 Å². The van der Waals surface area contributed by atoms with Gasteiger partial charge in [0.25, 0.3) is 0 Å². The average molecular weight is 287 g/mol. The summed E-state index contributed by atoms with van der Waals surface area (Å²) in [5.74, 6) is 0.603. The van der Waals surface area contributed by atoms with Crippen molar-refractivity contribution in [3.63, 3.8) is 0 Å². The van der Waals surface area contributed by atoms with E-state index in [-0.39, 0.29) is 12.0 Å². The molecule has 0 aromatic heterocycles. The number of piperazine rings is 1. The van der Waals surface area contributed by atoms with E-state index in [1.165, 1.54) is 24.8 Å². The summed E-state index contributed by atoms with van der Waals surface area (Å²) in [5, 5.41) is 3.41. The van der Waals surface area contributed by atoms with Crippen LogP contribution in [0.4, 0.5) is 5.69 Å². The van der Waals surface area contributed by atoms with Crippen LogP contribution in [0.25, 0.3) is 0 Å². The fourth-order valence-corrected chi connectivity index (χ4v) is 3.57. The summed E-state index contributed by atoms with van der Waals surface area (Å²) < 4.78 is 0. The van der Waals surface area contributed by atoms with Crippen LogP contribution in [0.15, 0.2) is 24.3 Å². The second-order valence-corrected chi connectivity index (χ2v) is 6.25. The van der Waals surface area contributed by atoms with Crippen LogP contribution in [0.3, 0.4) is 0 Å². The lowest BCUT2D eigenvalue weighted by Crippen LogP contribution is -2.50. The molecule has 4 nitrogen and oxygen atoms in total. The lowest BCUT2D eigenvalue weighted by atomic mass is 9.87. The topological polar surface area (TPSA) is 58.4 Å². The Morgan fingerprint density at radius 3 is 2.57 bits per heavy atom. The number of amides is 1. The number of carbonyl (C=O) groups is 1. The van der Waals surface area contributed by atoms with Gasteiger partial charge in [0, 0.05) is 31.2 Å². The molecular weight excluding hydrogens is 262 g/mol. The molecule has 0 spiro atoms. The summed E-state index contributed by atoms with van der Waals surface area (Å²) in [6.07, 6.45) is 5.82. The van der Waals surface area contributed by atoms with Gasteiger partial charge >= 0.3 is 0 Å². The zero-order valence-corrected chi connectivity index (χ0v) is 12.6. The first kappa shape index (κ1) is 14.4. The fourth-order valence-electron chi connectivity index (χ4n) is 3.57. The highest BCUT2D eigenvalue weighted by Gasteiger charge is 2.32. The molecule has 1 heterocycles. The third-order valence-electron chi connectivity index (χ3n) is 4.80. The van der Waals surface area contributed by atoms with E-state index in [0.29, 0.717) is 5.91 Å². The number of hydrogen-bond acceptors (Lipinski definition) is 3. The molecule has 1 aliphatic heterocycles. The predicted molar refractivity (Wildman–Crippen MR) is 84.8 cm³/mol. The molecule has 1 amide bonds. The summed E-state index contributed by atoms with van der Waals surface area (Å²) >= 11 is 0. The zero-order valence-electron chi connectivity index (χ0n) is 12.6. The van der Waals surface area contributed by atoms with Crippen molar-refractivity contribution in [3.05, 3.63) is 29.8 Å². The van der Waals surface area contributed by atoms with Crippen molar-refractivity contribution in [3.8, 4) is 0 Å². The highest BCUT2D eigenvalue weighted by molar-refractivity contribution is 5.79. The number of carbonyl (C=O) groups excluding carboxylic acids is 1. The molecule has 0 bridgehead atoms. The van der Waals surface area contributed by atoms with Gasteiger partial charge in [0.15, 0.2) is 0 Å². The molecule has 3 rings (SSSR count). The Morgan fingerprint density at radius 1 is 1.14 bits per heavy atom. The van der Waals surface area contributed by atoms with Crippen molar-refractivity contribution in [2.75, 3.05) is 25.4 Å². The minimum Gasteiger partial charge on any atom is -0.399 e. The molecule has 21 heavy (non-hydrogen) atoms. The van der Waals surface area contributed by atoms with Crippen LogP contribution in [0.2, 0.25) is 0 Å². The first-order chi connectivity index (χ1) is 10.3. The third kappa shape index (κ3) is 3.21. The second kappa shape index (κ2) is 6.48. The molecule has 1 aromatic rings. The Bertz CT molecular complexity index is 479. The molecule has 0 radical (unpaired) electrons. The standard InChI is InChI=1S/C17H25N3O/c18-15-8-6-13(7-9-15)16-12-19-10-11-20(16)17(21)14-4-2-1-3-5-14/h6-9,14,16,19H,1-5,10-12,18H2. The van der Waals surface area contributed by atoms with Gasteiger partial charge in [-0.3, -0.25) is 4.79 Å². The van der Waals surface area contributed by atoms with Gasteiger partial charge in [-0.1, -0.05) is 31.4 Å². The van der Waals surface area contributed by atoms with Crippen molar-refractivity contribution < 1.29 is 4.79 Å². The number of anilines is 1. The molecule has 114 valence electrons. The van der Waals surface area contributed by atoms with Gasteiger partial charge in [0.05, 0.1) is 6.04 Å². The SMILES string of the molecule is Nc1ccc(C2CNCCN2C(=O)C2CCCCC2)cc1. The highest BCUT2D eigenvalue weighted by Crippen LogP contribution is 2.30. The normalized spacial score (nSPS) is 24.0. The lowest BCUT2D eigenvalue weighted by Gasteiger charge is -2.39. The zero-order chi connectivity index (χ0) is 14.7. The minimum atomic E-state index is 0.147. The van der Waals surface area contributed by atoms with Crippen molar-refractivity contribution in [1.82, 2.24) is 10.2 Å². The number of nitrogens with two attached hydrogens (primary N) is 1. The maximum Gasteiger partial charge on any atom is 0.226 e. The van der Waals surface area contributed by atoms with Gasteiger partial charge in [0.1, 0.15) is 0 Å². The summed E-state index contributed by atoms with van der Waals surface area (Å²) in [4.78, 5) is 15.0. The van der Waals surface area contributed by atoms with E-state index < -0.39 is 0 Å². The number of nitrogens with zero attached hydrogens (tertiary/aromatic N) is 1. The maximum atomic E-state index is 12.9. The van der Waals surface area contributed by atoms with Gasteiger partial charge in [0.2, 0.25) is 5.91 Å². The van der Waals surface area contributed by atoms with Crippen LogP contribution in [-0.4, -0.2) is 30.4 Å². The molecule has 1 aliphatic carbocycles. The molecule has 2 fully saturated rings. The highest BCUT2D eigenvalue weighted by atomic mass is 16.2. The van der Waals surface area contributed by atoms with Crippen LogP contribution in [0, 0.1) is 5.92 Å². The molecule has 3 N–H and O–H groups in total. The van der Waals surface area contributed by atoms with E-state index in [9.17, 15) is 4.79 Å². The molecule has 1 aromatic carbocycles. The number of nitrogen functional groups attached to an aromatic ring is 1. The van der Waals surface area contributed by atoms with Crippen molar-refractivity contribution in [2.45, 2.75) is 38.1 Å². The summed E-state index contributed by atoms with van der Waals surface area (Å²) in [6, 6.07) is 8.09. The average Bonchev–Trinajstić information content (AvgIpc) is 2.56. The Hall–Kier alpha value is -1.55. The van der Waals surface area contributed by atoms with E-state index >= 15 is 0 Å². The van der Waals surface area contributed by atoms with Gasteiger partial charge in [-0.25, -0.2) is 0 Å². The van der Waals surface area contributed by atoms with Crippen LogP contribution in [-0.2, 0) is 4.79 Å². The summed E-state index contributed by atoms with van der Waals surface area (Å²) in [5.41, 5.74) is 7.72. The van der Waals surface area contributed by atoms with Crippen molar-refractivity contribution in [2.24, 2.45) is 5.92 Å². The van der Waals surface area contributed by atoms with Gasteiger partial charge in [-0.2, -0.15) is 0 Å². The smallest absolute Gasteiger partial charge is 0.226 e. The molecule has 2 aliphatic rings. The quantitative estimate of drug-likeness (QED) is 0.821. The molecular formula is C17H25N3O. The Labute approximate surface area is 126 Å². The van der Waals surface area contributed by atoms with E-state index in [0.717, 1.165) is 38.2 Å².